The number of likely N-dealkylation sites (tertiary alicyclic amines) is 1. The number of ether oxygens (including phenoxy) is 1. The summed E-state index contributed by atoms with van der Waals surface area (Å²) in [6.07, 6.45) is 5.64. The van der Waals surface area contributed by atoms with Gasteiger partial charge in [0.1, 0.15) is 11.3 Å². The van der Waals surface area contributed by atoms with Gasteiger partial charge in [-0.05, 0) is 64.1 Å². The Morgan fingerprint density at radius 1 is 1.14 bits per heavy atom. The molecular formula is C28H33FN6O2. The van der Waals surface area contributed by atoms with E-state index in [9.17, 15) is 4.79 Å². The van der Waals surface area contributed by atoms with Crippen molar-refractivity contribution in [3.8, 4) is 11.1 Å². The Kier molecular flexibility index (Phi) is 5.88. The summed E-state index contributed by atoms with van der Waals surface area (Å²) in [6, 6.07) is 6.81. The molecule has 0 bridgehead atoms. The van der Waals surface area contributed by atoms with Crippen LogP contribution in [0.3, 0.4) is 0 Å². The van der Waals surface area contributed by atoms with Gasteiger partial charge in [0.15, 0.2) is 5.65 Å². The van der Waals surface area contributed by atoms with E-state index in [2.05, 4.69) is 20.1 Å². The van der Waals surface area contributed by atoms with E-state index in [1.807, 2.05) is 32.9 Å². The third-order valence-corrected chi connectivity index (χ3v) is 8.14. The maximum atomic E-state index is 15.2. The normalized spacial score (nSPS) is 18.0. The van der Waals surface area contributed by atoms with Gasteiger partial charge in [-0.3, -0.25) is 14.1 Å². The molecule has 1 aliphatic heterocycles. The molecule has 194 valence electrons. The van der Waals surface area contributed by atoms with E-state index in [1.165, 1.54) is 43.0 Å². The number of aromatic nitrogens is 5. The molecule has 9 heteroatoms. The predicted octanol–water partition coefficient (Wildman–Crippen LogP) is 4.63. The van der Waals surface area contributed by atoms with Crippen molar-refractivity contribution in [3.63, 3.8) is 0 Å². The molecule has 0 N–H and O–H groups in total. The molecule has 3 aromatic heterocycles. The first-order chi connectivity index (χ1) is 17.8. The monoisotopic (exact) mass is 504 g/mol. The van der Waals surface area contributed by atoms with Crippen molar-refractivity contribution in [1.29, 1.82) is 0 Å². The van der Waals surface area contributed by atoms with Crippen LogP contribution in [0.25, 0.3) is 33.2 Å². The number of pyridine rings is 1. The first-order valence-corrected chi connectivity index (χ1v) is 13.1. The highest BCUT2D eigenvalue weighted by atomic mass is 19.1. The Balaban J connectivity index is 1.25. The molecule has 0 radical (unpaired) electrons. The Morgan fingerprint density at radius 2 is 1.95 bits per heavy atom. The van der Waals surface area contributed by atoms with Crippen molar-refractivity contribution in [2.45, 2.75) is 52.2 Å². The van der Waals surface area contributed by atoms with Gasteiger partial charge in [-0.25, -0.2) is 9.18 Å². The van der Waals surface area contributed by atoms with Crippen molar-refractivity contribution in [1.82, 2.24) is 29.2 Å². The first-order valence-electron chi connectivity index (χ1n) is 13.1. The molecule has 2 aliphatic rings. The molecular weight excluding hydrogens is 471 g/mol. The minimum absolute atomic E-state index is 0.0835. The molecule has 1 aromatic carbocycles. The van der Waals surface area contributed by atoms with Crippen molar-refractivity contribution < 1.29 is 9.13 Å². The summed E-state index contributed by atoms with van der Waals surface area (Å²) in [5.74, 6) is -0.409. The quantitative estimate of drug-likeness (QED) is 0.365. The molecule has 0 amide bonds. The molecule has 4 aromatic rings. The van der Waals surface area contributed by atoms with Crippen LogP contribution >= 0.6 is 0 Å². The second kappa shape index (κ2) is 8.99. The molecule has 1 saturated heterocycles. The van der Waals surface area contributed by atoms with E-state index >= 15 is 4.39 Å². The lowest BCUT2D eigenvalue weighted by Gasteiger charge is -2.18. The maximum absolute atomic E-state index is 15.2. The van der Waals surface area contributed by atoms with Crippen molar-refractivity contribution in [2.24, 2.45) is 12.5 Å². The van der Waals surface area contributed by atoms with Crippen LogP contribution in [0, 0.1) is 11.2 Å². The largest absolute Gasteiger partial charge is 0.371 e. The van der Waals surface area contributed by atoms with Crippen molar-refractivity contribution >= 4 is 22.1 Å². The lowest BCUT2D eigenvalue weighted by molar-refractivity contribution is 0.0485. The highest BCUT2D eigenvalue weighted by Crippen LogP contribution is 2.52. The van der Waals surface area contributed by atoms with Gasteiger partial charge in [-0.15, -0.1) is 10.2 Å². The van der Waals surface area contributed by atoms with Gasteiger partial charge in [0, 0.05) is 55.0 Å². The van der Waals surface area contributed by atoms with Crippen LogP contribution in [0.1, 0.15) is 57.9 Å². The van der Waals surface area contributed by atoms with E-state index in [-0.39, 0.29) is 17.8 Å². The molecule has 37 heavy (non-hydrogen) atoms. The number of hydrogen-bond acceptors (Lipinski definition) is 6. The summed E-state index contributed by atoms with van der Waals surface area (Å²) >= 11 is 0. The Bertz CT molecular complexity index is 1540. The first kappa shape index (κ1) is 24.2. The minimum Gasteiger partial charge on any atom is -0.371 e. The fraction of sp³-hybridized carbons (Fsp3) is 0.500. The molecule has 8 nitrogen and oxygen atoms in total. The second-order valence-corrected chi connectivity index (χ2v) is 11.0. The Hall–Kier alpha value is -3.17. The fourth-order valence-corrected chi connectivity index (χ4v) is 5.67. The fourth-order valence-electron chi connectivity index (χ4n) is 5.67. The average molecular weight is 505 g/mol. The van der Waals surface area contributed by atoms with Crippen molar-refractivity contribution in [3.05, 3.63) is 52.5 Å². The molecule has 1 aliphatic carbocycles. The van der Waals surface area contributed by atoms with Crippen LogP contribution in [0.5, 0.6) is 0 Å². The number of fused-ring (bicyclic) bond motifs is 3. The van der Waals surface area contributed by atoms with Gasteiger partial charge in [-0.1, -0.05) is 6.07 Å². The minimum atomic E-state index is -0.409. The highest BCUT2D eigenvalue weighted by Gasteiger charge is 2.47. The topological polar surface area (TPSA) is 78.1 Å². The maximum Gasteiger partial charge on any atom is 0.330 e. The highest BCUT2D eigenvalue weighted by molar-refractivity contribution is 6.02. The van der Waals surface area contributed by atoms with Gasteiger partial charge < -0.3 is 9.64 Å². The van der Waals surface area contributed by atoms with Gasteiger partial charge in [0.2, 0.25) is 0 Å². The molecule has 1 spiro atoms. The molecule has 2 fully saturated rings. The summed E-state index contributed by atoms with van der Waals surface area (Å²) in [5.41, 5.74) is 3.88. The number of rotatable bonds is 7. The summed E-state index contributed by atoms with van der Waals surface area (Å²) in [7, 11) is 1.68. The summed E-state index contributed by atoms with van der Waals surface area (Å²) < 4.78 is 24.4. The molecule has 6 rings (SSSR count). The lowest BCUT2D eigenvalue weighted by Crippen LogP contribution is -2.26. The predicted molar refractivity (Wildman–Crippen MR) is 141 cm³/mol. The summed E-state index contributed by atoms with van der Waals surface area (Å²) in [4.78, 5) is 19.9. The number of halogens is 1. The van der Waals surface area contributed by atoms with Crippen LogP contribution in [0.2, 0.25) is 0 Å². The summed E-state index contributed by atoms with van der Waals surface area (Å²) in [6.45, 7) is 9.90. The van der Waals surface area contributed by atoms with Crippen LogP contribution in [-0.4, -0.2) is 55.5 Å². The number of benzene rings is 1. The molecule has 4 heterocycles. The SMILES string of the molecule is CC(C)n1c(=O)n(C)c2nnc3cc(F)c(-c4ccc([C@@H](C)OCCN5CCC6(CC6)C5)nc4)cc3c21. The van der Waals surface area contributed by atoms with E-state index in [0.29, 0.717) is 45.2 Å². The molecule has 1 atom stereocenters. The van der Waals surface area contributed by atoms with E-state index in [1.54, 1.807) is 23.9 Å². The van der Waals surface area contributed by atoms with Crippen LogP contribution in [0.15, 0.2) is 35.3 Å². The second-order valence-electron chi connectivity index (χ2n) is 11.0. The average Bonchev–Trinajstić information content (AvgIpc) is 3.44. The van der Waals surface area contributed by atoms with Crippen LogP contribution in [-0.2, 0) is 11.8 Å². The standard InChI is InChI=1S/C28H33FN6O2/c1-17(2)35-25-21-13-20(22(29)14-24(21)31-32-26(25)33(4)27(35)36)19-5-6-23(30-15-19)18(3)37-12-11-34-10-9-28(16-34)7-8-28/h5-6,13-15,17-18H,7-12,16H2,1-4H3/t18-/m1/s1. The number of imidazole rings is 1. The molecule has 1 saturated carbocycles. The third kappa shape index (κ3) is 4.24. The Labute approximate surface area is 215 Å². The number of aryl methyl sites for hydroxylation is 1. The third-order valence-electron chi connectivity index (χ3n) is 8.14. The Morgan fingerprint density at radius 3 is 2.62 bits per heavy atom. The van der Waals surface area contributed by atoms with Gasteiger partial charge in [0.25, 0.3) is 0 Å². The van der Waals surface area contributed by atoms with Gasteiger partial charge in [0.05, 0.1) is 23.9 Å². The van der Waals surface area contributed by atoms with Crippen molar-refractivity contribution in [2.75, 3.05) is 26.2 Å². The zero-order valence-corrected chi connectivity index (χ0v) is 21.9. The van der Waals surface area contributed by atoms with Gasteiger partial charge in [-0.2, -0.15) is 0 Å². The zero-order valence-electron chi connectivity index (χ0n) is 21.9. The number of nitrogens with zero attached hydrogens (tertiary/aromatic N) is 6. The smallest absolute Gasteiger partial charge is 0.330 e. The summed E-state index contributed by atoms with van der Waals surface area (Å²) in [5, 5.41) is 9.07. The zero-order chi connectivity index (χ0) is 25.9. The van der Waals surface area contributed by atoms with Crippen LogP contribution in [0.4, 0.5) is 4.39 Å². The van der Waals surface area contributed by atoms with E-state index in [4.69, 9.17) is 4.74 Å². The van der Waals surface area contributed by atoms with Gasteiger partial charge >= 0.3 is 5.69 Å². The number of hydrogen-bond donors (Lipinski definition) is 0. The molecule has 0 unspecified atom stereocenters. The van der Waals surface area contributed by atoms with Crippen LogP contribution < -0.4 is 5.69 Å². The van der Waals surface area contributed by atoms with E-state index < -0.39 is 5.82 Å². The van der Waals surface area contributed by atoms with E-state index in [0.717, 1.165) is 12.2 Å². The lowest BCUT2D eigenvalue weighted by atomic mass is 10.0.